The van der Waals surface area contributed by atoms with E-state index in [-0.39, 0.29) is 17.6 Å². The molecule has 0 spiro atoms. The van der Waals surface area contributed by atoms with Gasteiger partial charge < -0.3 is 5.11 Å². The Kier molecular flexibility index (Phi) is 6.73. The summed E-state index contributed by atoms with van der Waals surface area (Å²) in [6, 6.07) is 26.9. The van der Waals surface area contributed by atoms with Crippen LogP contribution in [0.25, 0.3) is 0 Å². The van der Waals surface area contributed by atoms with Gasteiger partial charge >= 0.3 is 0 Å². The predicted molar refractivity (Wildman–Crippen MR) is 129 cm³/mol. The molecule has 1 N–H and O–H groups in total. The fraction of sp³-hybridized carbons (Fsp3) is 0.321. The molecule has 4 rings (SSSR count). The first-order chi connectivity index (χ1) is 15.4. The number of ketones is 1. The fourth-order valence-corrected chi connectivity index (χ4v) is 4.79. The van der Waals surface area contributed by atoms with Crippen LogP contribution in [0.5, 0.6) is 5.75 Å². The lowest BCUT2D eigenvalue weighted by Crippen LogP contribution is -2.56. The molecule has 1 fully saturated rings. The second-order valence-corrected chi connectivity index (χ2v) is 8.99. The summed E-state index contributed by atoms with van der Waals surface area (Å²) in [4.78, 5) is 16.9. The second-order valence-electron chi connectivity index (χ2n) is 8.99. The summed E-state index contributed by atoms with van der Waals surface area (Å²) in [7, 11) is 0. The number of Topliss-reactive ketones (excluding diaryl/α,β-unsaturated/α-hetero) is 1. The number of rotatable bonds is 6. The maximum atomic E-state index is 11.8. The molecular weight excluding hydrogens is 396 g/mol. The van der Waals surface area contributed by atoms with Crippen LogP contribution < -0.4 is 0 Å². The molecule has 1 heterocycles. The molecule has 0 radical (unpaired) electrons. The number of nitrogens with zero attached hydrogens (tertiary/aromatic N) is 2. The number of carbonyl (C=O) groups is 1. The van der Waals surface area contributed by atoms with Gasteiger partial charge in [0, 0.05) is 37.3 Å². The van der Waals surface area contributed by atoms with Crippen molar-refractivity contribution in [3.63, 3.8) is 0 Å². The molecule has 4 heteroatoms. The first kappa shape index (κ1) is 22.3. The number of benzene rings is 3. The molecule has 4 nitrogen and oxygen atoms in total. The summed E-state index contributed by atoms with van der Waals surface area (Å²) < 4.78 is 0. The molecule has 3 atom stereocenters. The SMILES string of the molecule is CC(=O)c1ccc([C@H](c2cccc(O)c2)N2C[C@@H](C)N(Cc3ccccc3)C[C@@H]2C)cc1. The Bertz CT molecular complexity index is 1050. The van der Waals surface area contributed by atoms with Gasteiger partial charge in [-0.25, -0.2) is 0 Å². The summed E-state index contributed by atoms with van der Waals surface area (Å²) in [5.41, 5.74) is 4.26. The maximum Gasteiger partial charge on any atom is 0.159 e. The summed E-state index contributed by atoms with van der Waals surface area (Å²) in [6.45, 7) is 9.01. The van der Waals surface area contributed by atoms with E-state index >= 15 is 0 Å². The highest BCUT2D eigenvalue weighted by molar-refractivity contribution is 5.94. The van der Waals surface area contributed by atoms with Crippen molar-refractivity contribution in [3.05, 3.63) is 101 Å². The Morgan fingerprint density at radius 3 is 2.28 bits per heavy atom. The van der Waals surface area contributed by atoms with E-state index in [9.17, 15) is 9.90 Å². The molecule has 0 bridgehead atoms. The van der Waals surface area contributed by atoms with Crippen molar-refractivity contribution in [2.75, 3.05) is 13.1 Å². The zero-order valence-corrected chi connectivity index (χ0v) is 19.1. The van der Waals surface area contributed by atoms with Gasteiger partial charge in [-0.05, 0) is 49.6 Å². The lowest BCUT2D eigenvalue weighted by molar-refractivity contribution is 0.0195. The molecule has 32 heavy (non-hydrogen) atoms. The zero-order valence-electron chi connectivity index (χ0n) is 19.1. The standard InChI is InChI=1S/C28H32N2O2/c1-20-18-30(21(2)17-29(20)19-23-8-5-4-6-9-23)28(26-10-7-11-27(32)16-26)25-14-12-24(13-15-25)22(3)31/h4-16,20-21,28,32H,17-19H2,1-3H3/t20-,21+,28-/m1/s1. The van der Waals surface area contributed by atoms with Crippen molar-refractivity contribution in [2.24, 2.45) is 0 Å². The minimum Gasteiger partial charge on any atom is -0.508 e. The highest BCUT2D eigenvalue weighted by atomic mass is 16.3. The molecule has 0 unspecified atom stereocenters. The number of piperazine rings is 1. The first-order valence-electron chi connectivity index (χ1n) is 11.4. The van der Waals surface area contributed by atoms with E-state index in [1.165, 1.54) is 5.56 Å². The van der Waals surface area contributed by atoms with Crippen molar-refractivity contribution in [2.45, 2.75) is 45.4 Å². The zero-order chi connectivity index (χ0) is 22.7. The van der Waals surface area contributed by atoms with Crippen molar-refractivity contribution < 1.29 is 9.90 Å². The minimum absolute atomic E-state index is 0.0134. The number of phenolic OH excluding ortho intramolecular Hbond substituents is 1. The van der Waals surface area contributed by atoms with E-state index in [0.29, 0.717) is 12.1 Å². The lowest BCUT2D eigenvalue weighted by atomic mass is 9.92. The molecule has 0 aliphatic carbocycles. The summed E-state index contributed by atoms with van der Waals surface area (Å²) in [5.74, 6) is 0.346. The molecule has 1 aliphatic heterocycles. The monoisotopic (exact) mass is 428 g/mol. The predicted octanol–water partition coefficient (Wildman–Crippen LogP) is 5.28. The van der Waals surface area contributed by atoms with Gasteiger partial charge in [-0.1, -0.05) is 66.7 Å². The molecular formula is C28H32N2O2. The molecule has 166 valence electrons. The number of hydrogen-bond donors (Lipinski definition) is 1. The molecule has 0 amide bonds. The van der Waals surface area contributed by atoms with Gasteiger partial charge in [0.15, 0.2) is 5.78 Å². The van der Waals surface area contributed by atoms with Crippen molar-refractivity contribution in [1.82, 2.24) is 9.80 Å². The van der Waals surface area contributed by atoms with Gasteiger partial charge in [0.05, 0.1) is 6.04 Å². The van der Waals surface area contributed by atoms with Crippen LogP contribution in [0.1, 0.15) is 53.9 Å². The van der Waals surface area contributed by atoms with Crippen LogP contribution in [0.15, 0.2) is 78.9 Å². The molecule has 1 aliphatic rings. The minimum atomic E-state index is 0.0134. The Labute approximate surface area is 191 Å². The van der Waals surface area contributed by atoms with Crippen LogP contribution in [-0.2, 0) is 6.54 Å². The van der Waals surface area contributed by atoms with Gasteiger partial charge in [0.2, 0.25) is 0 Å². The molecule has 3 aromatic rings. The Morgan fingerprint density at radius 2 is 1.62 bits per heavy atom. The van der Waals surface area contributed by atoms with Gasteiger partial charge in [-0.15, -0.1) is 0 Å². The number of hydrogen-bond acceptors (Lipinski definition) is 4. The van der Waals surface area contributed by atoms with E-state index in [2.05, 4.69) is 72.2 Å². The normalized spacial score (nSPS) is 20.7. The average Bonchev–Trinajstić information content (AvgIpc) is 2.78. The first-order valence-corrected chi connectivity index (χ1v) is 11.4. The van der Waals surface area contributed by atoms with Crippen LogP contribution in [0.2, 0.25) is 0 Å². The third kappa shape index (κ3) is 4.93. The van der Waals surface area contributed by atoms with Gasteiger partial charge in [0.1, 0.15) is 5.75 Å². The highest BCUT2D eigenvalue weighted by Gasteiger charge is 2.34. The van der Waals surface area contributed by atoms with E-state index < -0.39 is 0 Å². The second kappa shape index (κ2) is 9.68. The van der Waals surface area contributed by atoms with Crippen molar-refractivity contribution in [1.29, 1.82) is 0 Å². The number of phenols is 1. The maximum absolute atomic E-state index is 11.8. The third-order valence-corrected chi connectivity index (χ3v) is 6.54. The van der Waals surface area contributed by atoms with Crippen LogP contribution in [0, 0.1) is 0 Å². The molecule has 0 aromatic heterocycles. The van der Waals surface area contributed by atoms with Crippen LogP contribution in [0.4, 0.5) is 0 Å². The Morgan fingerprint density at radius 1 is 0.906 bits per heavy atom. The third-order valence-electron chi connectivity index (χ3n) is 6.54. The molecule has 1 saturated heterocycles. The largest absolute Gasteiger partial charge is 0.508 e. The highest BCUT2D eigenvalue weighted by Crippen LogP contribution is 2.35. The van der Waals surface area contributed by atoms with E-state index in [4.69, 9.17) is 0 Å². The Balaban J connectivity index is 1.63. The number of aromatic hydroxyl groups is 1. The summed E-state index contributed by atoms with van der Waals surface area (Å²) in [6.07, 6.45) is 0. The molecule has 3 aromatic carbocycles. The van der Waals surface area contributed by atoms with Crippen LogP contribution in [-0.4, -0.2) is 45.9 Å². The topological polar surface area (TPSA) is 43.8 Å². The smallest absolute Gasteiger partial charge is 0.159 e. The van der Waals surface area contributed by atoms with Gasteiger partial charge in [-0.3, -0.25) is 14.6 Å². The summed E-state index contributed by atoms with van der Waals surface area (Å²) in [5, 5.41) is 10.2. The van der Waals surface area contributed by atoms with Crippen LogP contribution >= 0.6 is 0 Å². The van der Waals surface area contributed by atoms with E-state index in [1.54, 1.807) is 13.0 Å². The van der Waals surface area contributed by atoms with E-state index in [1.807, 2.05) is 24.3 Å². The van der Waals surface area contributed by atoms with Crippen molar-refractivity contribution in [3.8, 4) is 5.75 Å². The van der Waals surface area contributed by atoms with E-state index in [0.717, 1.165) is 36.3 Å². The Hall–Kier alpha value is -2.95. The van der Waals surface area contributed by atoms with Crippen LogP contribution in [0.3, 0.4) is 0 Å². The average molecular weight is 429 g/mol. The lowest BCUT2D eigenvalue weighted by Gasteiger charge is -2.47. The summed E-state index contributed by atoms with van der Waals surface area (Å²) >= 11 is 0. The van der Waals surface area contributed by atoms with Gasteiger partial charge in [-0.2, -0.15) is 0 Å². The van der Waals surface area contributed by atoms with Gasteiger partial charge in [0.25, 0.3) is 0 Å². The molecule has 0 saturated carbocycles. The number of carbonyl (C=O) groups excluding carboxylic acids is 1. The van der Waals surface area contributed by atoms with Crippen molar-refractivity contribution >= 4 is 5.78 Å². The quantitative estimate of drug-likeness (QED) is 0.543. The fourth-order valence-electron chi connectivity index (χ4n) is 4.79.